The van der Waals surface area contributed by atoms with Crippen LogP contribution < -0.4 is 11.1 Å². The van der Waals surface area contributed by atoms with E-state index in [4.69, 9.17) is 5.73 Å². The lowest BCUT2D eigenvalue weighted by molar-refractivity contribution is -0.123. The molecule has 4 heteroatoms. The molecule has 1 atom stereocenters. The van der Waals surface area contributed by atoms with Crippen LogP contribution in [0.2, 0.25) is 0 Å². The minimum absolute atomic E-state index is 0.217. The Labute approximate surface area is 100 Å². The van der Waals surface area contributed by atoms with Crippen molar-refractivity contribution in [2.45, 2.75) is 24.8 Å². The Hall–Kier alpha value is -1.68. The monoisotopic (exact) mass is 232 g/mol. The van der Waals surface area contributed by atoms with Crippen molar-refractivity contribution in [3.63, 3.8) is 0 Å². The summed E-state index contributed by atoms with van der Waals surface area (Å²) in [5, 5.41) is 3.01. The maximum atomic E-state index is 12.4. The molecule has 0 aromatic heterocycles. The zero-order valence-corrected chi connectivity index (χ0v) is 9.61. The molecule has 1 fully saturated rings. The van der Waals surface area contributed by atoms with Crippen molar-refractivity contribution in [1.82, 2.24) is 5.32 Å². The molecule has 4 nitrogen and oxygen atoms in total. The summed E-state index contributed by atoms with van der Waals surface area (Å²) in [6.45, 7) is 0.654. The third-order valence-electron chi connectivity index (χ3n) is 3.25. The number of rotatable bonds is 3. The molecule has 1 amide bonds. The molecule has 0 spiro atoms. The Morgan fingerprint density at radius 2 is 1.88 bits per heavy atom. The third kappa shape index (κ3) is 2.08. The fraction of sp³-hybridized carbons (Fsp3) is 0.385. The number of Topliss-reactive ketones (excluding diaryl/α,β-unsaturated/α-hetero) is 1. The van der Waals surface area contributed by atoms with Crippen LogP contribution in [0.4, 0.5) is 0 Å². The van der Waals surface area contributed by atoms with Crippen molar-refractivity contribution in [3.8, 4) is 0 Å². The Morgan fingerprint density at radius 1 is 1.18 bits per heavy atom. The number of benzene rings is 1. The smallest absolute Gasteiger partial charge is 0.245 e. The van der Waals surface area contributed by atoms with Crippen molar-refractivity contribution < 1.29 is 9.59 Å². The van der Waals surface area contributed by atoms with Gasteiger partial charge in [0.1, 0.15) is 0 Å². The van der Waals surface area contributed by atoms with Crippen LogP contribution in [0, 0.1) is 0 Å². The van der Waals surface area contributed by atoms with E-state index >= 15 is 0 Å². The molecular weight excluding hydrogens is 216 g/mol. The highest BCUT2D eigenvalue weighted by molar-refractivity contribution is 6.17. The number of nitrogens with one attached hydrogen (secondary N) is 1. The van der Waals surface area contributed by atoms with Gasteiger partial charge in [-0.2, -0.15) is 0 Å². The molecule has 1 saturated heterocycles. The van der Waals surface area contributed by atoms with Crippen molar-refractivity contribution in [2.75, 3.05) is 6.54 Å². The van der Waals surface area contributed by atoms with Crippen LogP contribution in [-0.2, 0) is 4.79 Å². The zero-order chi connectivity index (χ0) is 12.3. The van der Waals surface area contributed by atoms with E-state index in [0.717, 1.165) is 12.8 Å². The second kappa shape index (κ2) is 4.67. The molecule has 1 unspecified atom stereocenters. The maximum Gasteiger partial charge on any atom is 0.245 e. The number of amides is 1. The highest BCUT2D eigenvalue weighted by atomic mass is 16.2. The highest BCUT2D eigenvalue weighted by Gasteiger charge is 2.45. The largest absolute Gasteiger partial charge is 0.368 e. The van der Waals surface area contributed by atoms with Gasteiger partial charge in [-0.05, 0) is 25.8 Å². The van der Waals surface area contributed by atoms with Crippen LogP contribution in [0.25, 0.3) is 0 Å². The molecule has 1 aliphatic rings. The Kier molecular flexibility index (Phi) is 3.24. The molecule has 1 aliphatic heterocycles. The molecule has 1 aromatic carbocycles. The third-order valence-corrected chi connectivity index (χ3v) is 3.25. The molecule has 0 radical (unpaired) electrons. The zero-order valence-electron chi connectivity index (χ0n) is 9.61. The number of hydrogen-bond acceptors (Lipinski definition) is 3. The van der Waals surface area contributed by atoms with Gasteiger partial charge in [-0.3, -0.25) is 14.9 Å². The number of nitrogens with two attached hydrogens (primary N) is 1. The molecule has 0 bridgehead atoms. The summed E-state index contributed by atoms with van der Waals surface area (Å²) >= 11 is 0. The number of primary amides is 1. The second-order valence-corrected chi connectivity index (χ2v) is 4.35. The van der Waals surface area contributed by atoms with Gasteiger partial charge in [0, 0.05) is 5.56 Å². The fourth-order valence-electron chi connectivity index (χ4n) is 2.26. The van der Waals surface area contributed by atoms with Crippen LogP contribution in [0.15, 0.2) is 30.3 Å². The van der Waals surface area contributed by atoms with Gasteiger partial charge < -0.3 is 5.73 Å². The summed E-state index contributed by atoms with van der Waals surface area (Å²) < 4.78 is 0. The van der Waals surface area contributed by atoms with E-state index in [0.29, 0.717) is 18.5 Å². The van der Waals surface area contributed by atoms with E-state index in [1.165, 1.54) is 0 Å². The quantitative estimate of drug-likeness (QED) is 0.600. The normalized spacial score (nSPS) is 24.2. The van der Waals surface area contributed by atoms with Crippen molar-refractivity contribution in [2.24, 2.45) is 5.73 Å². The minimum Gasteiger partial charge on any atom is -0.368 e. The maximum absolute atomic E-state index is 12.4. The molecule has 0 aliphatic carbocycles. The first-order valence-electron chi connectivity index (χ1n) is 5.81. The van der Waals surface area contributed by atoms with Crippen molar-refractivity contribution in [1.29, 1.82) is 0 Å². The first-order valence-corrected chi connectivity index (χ1v) is 5.81. The molecule has 1 aromatic rings. The average Bonchev–Trinajstić information content (AvgIpc) is 2.39. The summed E-state index contributed by atoms with van der Waals surface area (Å²) in [7, 11) is 0. The van der Waals surface area contributed by atoms with Crippen molar-refractivity contribution >= 4 is 11.7 Å². The predicted molar refractivity (Wildman–Crippen MR) is 64.6 cm³/mol. The first-order chi connectivity index (χ1) is 8.17. The van der Waals surface area contributed by atoms with Crippen LogP contribution in [0.5, 0.6) is 0 Å². The predicted octanol–water partition coefficient (Wildman–Crippen LogP) is 0.867. The van der Waals surface area contributed by atoms with E-state index in [2.05, 4.69) is 5.32 Å². The summed E-state index contributed by atoms with van der Waals surface area (Å²) in [5.41, 5.74) is 4.74. The first kappa shape index (κ1) is 11.8. The molecule has 17 heavy (non-hydrogen) atoms. The van der Waals surface area contributed by atoms with Gasteiger partial charge in [-0.1, -0.05) is 30.3 Å². The van der Waals surface area contributed by atoms with E-state index in [-0.39, 0.29) is 5.78 Å². The van der Waals surface area contributed by atoms with Gasteiger partial charge in [-0.25, -0.2) is 0 Å². The van der Waals surface area contributed by atoms with Gasteiger partial charge in [0.25, 0.3) is 0 Å². The SMILES string of the molecule is NC(=O)C1(C(=O)c2ccccc2)CCCCN1. The lowest BCUT2D eigenvalue weighted by Crippen LogP contribution is -2.62. The standard InChI is InChI=1S/C13H16N2O2/c14-12(17)13(8-4-5-9-15-13)11(16)10-6-2-1-3-7-10/h1-3,6-7,15H,4-5,8-9H2,(H2,14,17). The summed E-state index contributed by atoms with van der Waals surface area (Å²) in [6, 6.07) is 8.82. The highest BCUT2D eigenvalue weighted by Crippen LogP contribution is 2.23. The summed E-state index contributed by atoms with van der Waals surface area (Å²) in [5.74, 6) is -0.795. The van der Waals surface area contributed by atoms with Crippen molar-refractivity contribution in [3.05, 3.63) is 35.9 Å². The Balaban J connectivity index is 2.34. The Morgan fingerprint density at radius 3 is 2.41 bits per heavy atom. The molecule has 3 N–H and O–H groups in total. The molecule has 2 rings (SSSR count). The van der Waals surface area contributed by atoms with Gasteiger partial charge >= 0.3 is 0 Å². The molecular formula is C13H16N2O2. The van der Waals surface area contributed by atoms with Crippen LogP contribution >= 0.6 is 0 Å². The topological polar surface area (TPSA) is 72.2 Å². The number of carbonyl (C=O) groups is 2. The molecule has 0 saturated carbocycles. The van der Waals surface area contributed by atoms with Gasteiger partial charge in [0.05, 0.1) is 0 Å². The number of hydrogen-bond donors (Lipinski definition) is 2. The van der Waals surface area contributed by atoms with Gasteiger partial charge in [0.15, 0.2) is 11.3 Å². The summed E-state index contributed by atoms with van der Waals surface area (Å²) in [6.07, 6.45) is 2.29. The number of piperidine rings is 1. The van der Waals surface area contributed by atoms with E-state index in [1.807, 2.05) is 6.07 Å². The van der Waals surface area contributed by atoms with E-state index in [9.17, 15) is 9.59 Å². The van der Waals surface area contributed by atoms with Crippen LogP contribution in [-0.4, -0.2) is 23.8 Å². The number of carbonyl (C=O) groups excluding carboxylic acids is 2. The molecule has 1 heterocycles. The van der Waals surface area contributed by atoms with Crippen LogP contribution in [0.3, 0.4) is 0 Å². The lowest BCUT2D eigenvalue weighted by Gasteiger charge is -2.34. The minimum atomic E-state index is -1.21. The van der Waals surface area contributed by atoms with E-state index < -0.39 is 11.4 Å². The fourth-order valence-corrected chi connectivity index (χ4v) is 2.26. The van der Waals surface area contributed by atoms with Crippen LogP contribution in [0.1, 0.15) is 29.6 Å². The van der Waals surface area contributed by atoms with Gasteiger partial charge in [0.2, 0.25) is 5.91 Å². The average molecular weight is 232 g/mol. The molecule has 90 valence electrons. The Bertz CT molecular complexity index is 422. The lowest BCUT2D eigenvalue weighted by atomic mass is 9.81. The number of ketones is 1. The second-order valence-electron chi connectivity index (χ2n) is 4.35. The van der Waals surface area contributed by atoms with E-state index in [1.54, 1.807) is 24.3 Å². The van der Waals surface area contributed by atoms with Gasteiger partial charge in [-0.15, -0.1) is 0 Å². The summed E-state index contributed by atoms with van der Waals surface area (Å²) in [4.78, 5) is 24.0.